The molecule has 0 radical (unpaired) electrons. The van der Waals surface area contributed by atoms with E-state index in [0.29, 0.717) is 30.5 Å². The van der Waals surface area contributed by atoms with Gasteiger partial charge in [0.15, 0.2) is 11.5 Å². The van der Waals surface area contributed by atoms with Gasteiger partial charge in [-0.3, -0.25) is 4.79 Å². The molecule has 1 aliphatic heterocycles. The van der Waals surface area contributed by atoms with Crippen LogP contribution in [-0.2, 0) is 0 Å². The van der Waals surface area contributed by atoms with Crippen LogP contribution in [0.25, 0.3) is 0 Å². The molecule has 1 aromatic rings. The summed E-state index contributed by atoms with van der Waals surface area (Å²) in [6.45, 7) is 1.23. The van der Waals surface area contributed by atoms with Gasteiger partial charge in [0.25, 0.3) is 5.91 Å². The number of amides is 1. The molecule has 2 N–H and O–H groups in total. The van der Waals surface area contributed by atoms with Gasteiger partial charge in [-0.1, -0.05) is 0 Å². The number of rotatable bonds is 3. The second-order valence-electron chi connectivity index (χ2n) is 5.09. The van der Waals surface area contributed by atoms with Crippen LogP contribution < -0.4 is 10.2 Å². The molecule has 1 amide bonds. The maximum absolute atomic E-state index is 11.3. The van der Waals surface area contributed by atoms with Gasteiger partial charge in [0.05, 0.1) is 13.1 Å². The second-order valence-corrected chi connectivity index (χ2v) is 5.09. The molecule has 1 aliphatic carbocycles. The van der Waals surface area contributed by atoms with Crippen LogP contribution in [0.1, 0.15) is 23.3 Å². The van der Waals surface area contributed by atoms with Crippen molar-refractivity contribution in [3.63, 3.8) is 0 Å². The molecule has 3 rings (SSSR count). The maximum atomic E-state index is 11.3. The fraction of sp³-hybridized carbons (Fsp3) is 0.583. The molecule has 96 valence electrons. The van der Waals surface area contributed by atoms with E-state index in [4.69, 9.17) is 0 Å². The third-order valence-corrected chi connectivity index (χ3v) is 3.70. The van der Waals surface area contributed by atoms with E-state index in [0.717, 1.165) is 12.8 Å². The van der Waals surface area contributed by atoms with Gasteiger partial charge in [0.1, 0.15) is 5.60 Å². The minimum Gasteiger partial charge on any atom is -0.386 e. The fourth-order valence-electron chi connectivity index (χ4n) is 2.40. The van der Waals surface area contributed by atoms with E-state index in [9.17, 15) is 9.90 Å². The molecule has 1 aromatic heterocycles. The van der Waals surface area contributed by atoms with Crippen molar-refractivity contribution in [3.8, 4) is 0 Å². The van der Waals surface area contributed by atoms with Gasteiger partial charge >= 0.3 is 0 Å². The molecule has 0 atom stereocenters. The van der Waals surface area contributed by atoms with E-state index >= 15 is 0 Å². The Morgan fingerprint density at radius 1 is 1.44 bits per heavy atom. The lowest BCUT2D eigenvalue weighted by molar-refractivity contribution is -0.00983. The third kappa shape index (κ3) is 1.82. The molecule has 0 spiro atoms. The Balaban J connectivity index is 1.66. The summed E-state index contributed by atoms with van der Waals surface area (Å²) in [7, 11) is 1.56. The van der Waals surface area contributed by atoms with Crippen LogP contribution in [0.3, 0.4) is 0 Å². The normalized spacial score (nSPS) is 21.3. The maximum Gasteiger partial charge on any atom is 0.271 e. The fourth-order valence-corrected chi connectivity index (χ4v) is 2.40. The molecule has 2 heterocycles. The first-order chi connectivity index (χ1) is 8.62. The highest BCUT2D eigenvalue weighted by atomic mass is 16.3. The monoisotopic (exact) mass is 248 g/mol. The third-order valence-electron chi connectivity index (χ3n) is 3.70. The number of carbonyl (C=O) groups excluding carboxylic acids is 1. The molecule has 1 saturated heterocycles. The predicted octanol–water partition coefficient (Wildman–Crippen LogP) is -0.203. The summed E-state index contributed by atoms with van der Waals surface area (Å²) in [5, 5.41) is 20.6. The zero-order valence-corrected chi connectivity index (χ0v) is 10.3. The van der Waals surface area contributed by atoms with Gasteiger partial charge in [0, 0.05) is 7.05 Å². The highest BCUT2D eigenvalue weighted by molar-refractivity contribution is 5.91. The largest absolute Gasteiger partial charge is 0.386 e. The van der Waals surface area contributed by atoms with Gasteiger partial charge in [-0.2, -0.15) is 0 Å². The van der Waals surface area contributed by atoms with E-state index in [-0.39, 0.29) is 5.91 Å². The highest BCUT2D eigenvalue weighted by Crippen LogP contribution is 2.45. The van der Waals surface area contributed by atoms with Crippen molar-refractivity contribution in [3.05, 3.63) is 17.8 Å². The molecule has 6 heteroatoms. The average molecular weight is 248 g/mol. The molecule has 0 unspecified atom stereocenters. The van der Waals surface area contributed by atoms with Crippen molar-refractivity contribution in [2.45, 2.75) is 18.4 Å². The Morgan fingerprint density at radius 2 is 2.17 bits per heavy atom. The summed E-state index contributed by atoms with van der Waals surface area (Å²) in [4.78, 5) is 13.3. The average Bonchev–Trinajstić information content (AvgIpc) is 3.19. The van der Waals surface area contributed by atoms with Gasteiger partial charge < -0.3 is 15.3 Å². The van der Waals surface area contributed by atoms with E-state index in [1.54, 1.807) is 19.2 Å². The molecular formula is C12H16N4O2. The van der Waals surface area contributed by atoms with Crippen LogP contribution in [-0.4, -0.2) is 46.9 Å². The number of aliphatic hydroxyl groups is 1. The smallest absolute Gasteiger partial charge is 0.271 e. The standard InChI is InChI=1S/C12H16N4O2/c1-13-11(17)9-4-5-10(15-14-9)16-6-12(18,7-16)8-2-3-8/h4-5,8,18H,2-3,6-7H2,1H3,(H,13,17). The number of nitrogens with one attached hydrogen (secondary N) is 1. The van der Waals surface area contributed by atoms with Gasteiger partial charge in [-0.25, -0.2) is 0 Å². The van der Waals surface area contributed by atoms with Crippen LogP contribution in [0.15, 0.2) is 12.1 Å². The topological polar surface area (TPSA) is 78.4 Å². The molecular weight excluding hydrogens is 232 g/mol. The van der Waals surface area contributed by atoms with E-state index in [1.165, 1.54) is 0 Å². The van der Waals surface area contributed by atoms with Gasteiger partial charge in [0.2, 0.25) is 0 Å². The lowest BCUT2D eigenvalue weighted by atomic mass is 9.89. The van der Waals surface area contributed by atoms with E-state index in [1.807, 2.05) is 4.90 Å². The Bertz CT molecular complexity index is 463. The van der Waals surface area contributed by atoms with Crippen LogP contribution in [0.4, 0.5) is 5.82 Å². The van der Waals surface area contributed by atoms with Crippen LogP contribution in [0.5, 0.6) is 0 Å². The lowest BCUT2D eigenvalue weighted by Crippen LogP contribution is -2.63. The first-order valence-corrected chi connectivity index (χ1v) is 6.15. The molecule has 1 saturated carbocycles. The Hall–Kier alpha value is -1.69. The molecule has 18 heavy (non-hydrogen) atoms. The minimum absolute atomic E-state index is 0.243. The molecule has 0 bridgehead atoms. The number of hydrogen-bond acceptors (Lipinski definition) is 5. The number of carbonyl (C=O) groups is 1. The number of aromatic nitrogens is 2. The Morgan fingerprint density at radius 3 is 2.67 bits per heavy atom. The van der Waals surface area contributed by atoms with Crippen LogP contribution in [0.2, 0.25) is 0 Å². The first-order valence-electron chi connectivity index (χ1n) is 6.15. The molecule has 2 fully saturated rings. The summed E-state index contributed by atoms with van der Waals surface area (Å²) in [5.74, 6) is 0.937. The van der Waals surface area contributed by atoms with Crippen LogP contribution >= 0.6 is 0 Å². The van der Waals surface area contributed by atoms with Crippen molar-refractivity contribution >= 4 is 11.7 Å². The number of anilines is 1. The van der Waals surface area contributed by atoms with Crippen LogP contribution in [0, 0.1) is 5.92 Å². The van der Waals surface area contributed by atoms with E-state index < -0.39 is 5.60 Å². The Kier molecular flexibility index (Phi) is 2.48. The van der Waals surface area contributed by atoms with Gasteiger partial charge in [-0.05, 0) is 30.9 Å². The predicted molar refractivity (Wildman–Crippen MR) is 65.3 cm³/mol. The molecule has 6 nitrogen and oxygen atoms in total. The number of nitrogens with zero attached hydrogens (tertiary/aromatic N) is 3. The quantitative estimate of drug-likeness (QED) is 0.774. The second kappa shape index (κ2) is 3.91. The highest BCUT2D eigenvalue weighted by Gasteiger charge is 2.52. The lowest BCUT2D eigenvalue weighted by Gasteiger charge is -2.47. The van der Waals surface area contributed by atoms with Crippen molar-refractivity contribution in [2.75, 3.05) is 25.0 Å². The van der Waals surface area contributed by atoms with Crippen molar-refractivity contribution in [1.29, 1.82) is 0 Å². The van der Waals surface area contributed by atoms with Gasteiger partial charge in [-0.15, -0.1) is 10.2 Å². The minimum atomic E-state index is -0.527. The summed E-state index contributed by atoms with van der Waals surface area (Å²) in [6.07, 6.45) is 2.26. The first kappa shape index (κ1) is 11.4. The zero-order chi connectivity index (χ0) is 12.8. The van der Waals surface area contributed by atoms with Crippen molar-refractivity contribution in [1.82, 2.24) is 15.5 Å². The summed E-state index contributed by atoms with van der Waals surface area (Å²) in [6, 6.07) is 3.42. The zero-order valence-electron chi connectivity index (χ0n) is 10.3. The summed E-state index contributed by atoms with van der Waals surface area (Å²) >= 11 is 0. The van der Waals surface area contributed by atoms with Crippen molar-refractivity contribution in [2.24, 2.45) is 5.92 Å². The van der Waals surface area contributed by atoms with Crippen molar-refractivity contribution < 1.29 is 9.90 Å². The molecule has 0 aromatic carbocycles. The Labute approximate surface area is 105 Å². The summed E-state index contributed by atoms with van der Waals surface area (Å²) in [5.41, 5.74) is -0.222. The SMILES string of the molecule is CNC(=O)c1ccc(N2CC(O)(C3CC3)C2)nn1. The van der Waals surface area contributed by atoms with E-state index in [2.05, 4.69) is 15.5 Å². The number of β-amino-alcohol motifs (C(OH)–C–C–N with tert-alkyl or cyclic N) is 1. The molecule has 2 aliphatic rings. The summed E-state index contributed by atoms with van der Waals surface area (Å²) < 4.78 is 0. The number of hydrogen-bond donors (Lipinski definition) is 2.